The third-order valence-corrected chi connectivity index (χ3v) is 3.27. The van der Waals surface area contributed by atoms with E-state index in [4.69, 9.17) is 9.84 Å². The average molecular weight is 270 g/mol. The van der Waals surface area contributed by atoms with Gasteiger partial charge in [-0.2, -0.15) is 0 Å². The zero-order valence-corrected chi connectivity index (χ0v) is 11.5. The molecule has 0 aliphatic heterocycles. The molecule has 3 heteroatoms. The van der Waals surface area contributed by atoms with Crippen molar-refractivity contribution >= 4 is 6.16 Å². The number of para-hydroxylation sites is 1. The third kappa shape index (κ3) is 3.38. The van der Waals surface area contributed by atoms with Gasteiger partial charge in [0.15, 0.2) is 0 Å². The van der Waals surface area contributed by atoms with Crippen LogP contribution in [0.2, 0.25) is 0 Å². The smallest absolute Gasteiger partial charge is 0.449 e. The van der Waals surface area contributed by atoms with Crippen molar-refractivity contribution in [2.24, 2.45) is 0 Å². The fraction of sp³-hybridized carbons (Fsp3) is 0.235. The van der Waals surface area contributed by atoms with Crippen LogP contribution in [0, 0.1) is 0 Å². The van der Waals surface area contributed by atoms with E-state index in [-0.39, 0.29) is 5.92 Å². The first kappa shape index (κ1) is 14.1. The third-order valence-electron chi connectivity index (χ3n) is 3.27. The molecule has 3 nitrogen and oxygen atoms in total. The molecule has 0 bridgehead atoms. The van der Waals surface area contributed by atoms with Crippen LogP contribution in [0.5, 0.6) is 5.75 Å². The van der Waals surface area contributed by atoms with Gasteiger partial charge in [-0.05, 0) is 18.1 Å². The van der Waals surface area contributed by atoms with Gasteiger partial charge in [-0.15, -0.1) is 0 Å². The second-order valence-corrected chi connectivity index (χ2v) is 4.66. The summed E-state index contributed by atoms with van der Waals surface area (Å²) in [4.78, 5) is 10.8. The highest BCUT2D eigenvalue weighted by Crippen LogP contribution is 2.35. The SMILES string of the molecule is CCCC(c1ccccc1)c1ccccc1OC(=O)O. The lowest BCUT2D eigenvalue weighted by Crippen LogP contribution is -2.08. The predicted octanol–water partition coefficient (Wildman–Crippen LogP) is 4.68. The lowest BCUT2D eigenvalue weighted by molar-refractivity contribution is 0.144. The van der Waals surface area contributed by atoms with E-state index in [1.54, 1.807) is 12.1 Å². The molecule has 0 aromatic heterocycles. The summed E-state index contributed by atoms with van der Waals surface area (Å²) in [5.41, 5.74) is 2.10. The van der Waals surface area contributed by atoms with E-state index in [0.717, 1.165) is 18.4 Å². The number of rotatable bonds is 5. The minimum Gasteiger partial charge on any atom is -0.449 e. The molecule has 0 fully saturated rings. The van der Waals surface area contributed by atoms with Gasteiger partial charge in [0.2, 0.25) is 0 Å². The normalized spacial score (nSPS) is 11.8. The van der Waals surface area contributed by atoms with Crippen molar-refractivity contribution in [3.05, 3.63) is 65.7 Å². The number of carboxylic acid groups (broad SMARTS) is 1. The summed E-state index contributed by atoms with van der Waals surface area (Å²) in [6.07, 6.45) is 0.686. The fourth-order valence-electron chi connectivity index (χ4n) is 2.43. The molecule has 1 unspecified atom stereocenters. The van der Waals surface area contributed by atoms with Crippen molar-refractivity contribution in [3.63, 3.8) is 0 Å². The van der Waals surface area contributed by atoms with Gasteiger partial charge in [0.1, 0.15) is 5.75 Å². The molecule has 0 aliphatic rings. The first-order valence-corrected chi connectivity index (χ1v) is 6.77. The molecule has 0 heterocycles. The summed E-state index contributed by atoms with van der Waals surface area (Å²) in [5.74, 6) is 0.569. The lowest BCUT2D eigenvalue weighted by Gasteiger charge is -2.19. The molecule has 0 aliphatic carbocycles. The maximum atomic E-state index is 10.8. The Morgan fingerprint density at radius 1 is 1.10 bits per heavy atom. The van der Waals surface area contributed by atoms with Gasteiger partial charge in [0, 0.05) is 11.5 Å². The Morgan fingerprint density at radius 2 is 1.75 bits per heavy atom. The van der Waals surface area contributed by atoms with E-state index in [1.165, 1.54) is 5.56 Å². The largest absolute Gasteiger partial charge is 0.511 e. The Labute approximate surface area is 118 Å². The van der Waals surface area contributed by atoms with Gasteiger partial charge in [-0.25, -0.2) is 4.79 Å². The van der Waals surface area contributed by atoms with Crippen LogP contribution in [0.15, 0.2) is 54.6 Å². The Morgan fingerprint density at radius 3 is 2.40 bits per heavy atom. The highest BCUT2D eigenvalue weighted by Gasteiger charge is 2.18. The Bertz CT molecular complexity index is 563. The first-order valence-electron chi connectivity index (χ1n) is 6.77. The average Bonchev–Trinajstić information content (AvgIpc) is 2.46. The standard InChI is InChI=1S/C17H18O3/c1-2-8-14(13-9-4-3-5-10-13)15-11-6-7-12-16(15)20-17(18)19/h3-7,9-12,14H,2,8H2,1H3,(H,18,19). The molecule has 2 rings (SSSR count). The van der Waals surface area contributed by atoms with Crippen molar-refractivity contribution < 1.29 is 14.6 Å². The molecule has 0 amide bonds. The van der Waals surface area contributed by atoms with Crippen molar-refractivity contribution in [2.75, 3.05) is 0 Å². The number of hydrogen-bond donors (Lipinski definition) is 1. The molecule has 0 saturated carbocycles. The minimum atomic E-state index is -1.28. The second kappa shape index (κ2) is 6.75. The molecular weight excluding hydrogens is 252 g/mol. The maximum absolute atomic E-state index is 10.8. The van der Waals surface area contributed by atoms with Gasteiger partial charge in [0.05, 0.1) is 0 Å². The van der Waals surface area contributed by atoms with E-state index in [1.807, 2.05) is 30.3 Å². The fourth-order valence-corrected chi connectivity index (χ4v) is 2.43. The second-order valence-electron chi connectivity index (χ2n) is 4.66. The zero-order chi connectivity index (χ0) is 14.4. The number of carbonyl (C=O) groups is 1. The molecule has 1 atom stereocenters. The Kier molecular flexibility index (Phi) is 4.77. The van der Waals surface area contributed by atoms with E-state index in [0.29, 0.717) is 5.75 Å². The molecule has 0 spiro atoms. The summed E-state index contributed by atoms with van der Waals surface area (Å²) in [6, 6.07) is 17.4. The van der Waals surface area contributed by atoms with E-state index in [2.05, 4.69) is 19.1 Å². The van der Waals surface area contributed by atoms with E-state index >= 15 is 0 Å². The molecule has 20 heavy (non-hydrogen) atoms. The minimum absolute atomic E-state index is 0.150. The summed E-state index contributed by atoms with van der Waals surface area (Å²) >= 11 is 0. The van der Waals surface area contributed by atoms with Crippen LogP contribution in [0.1, 0.15) is 36.8 Å². The summed E-state index contributed by atoms with van der Waals surface area (Å²) in [5, 5.41) is 8.85. The summed E-state index contributed by atoms with van der Waals surface area (Å²) in [6.45, 7) is 2.12. The van der Waals surface area contributed by atoms with Crippen LogP contribution < -0.4 is 4.74 Å². The summed E-state index contributed by atoms with van der Waals surface area (Å²) < 4.78 is 4.91. The van der Waals surface area contributed by atoms with Crippen molar-refractivity contribution in [2.45, 2.75) is 25.7 Å². The van der Waals surface area contributed by atoms with Crippen LogP contribution >= 0.6 is 0 Å². The zero-order valence-electron chi connectivity index (χ0n) is 11.5. The van der Waals surface area contributed by atoms with Crippen LogP contribution in [0.25, 0.3) is 0 Å². The van der Waals surface area contributed by atoms with Crippen LogP contribution in [-0.4, -0.2) is 11.3 Å². The Balaban J connectivity index is 2.42. The molecule has 1 N–H and O–H groups in total. The van der Waals surface area contributed by atoms with Crippen molar-refractivity contribution in [3.8, 4) is 5.75 Å². The Hall–Kier alpha value is -2.29. The highest BCUT2D eigenvalue weighted by atomic mass is 16.7. The van der Waals surface area contributed by atoms with Crippen LogP contribution in [-0.2, 0) is 0 Å². The first-order chi connectivity index (χ1) is 9.72. The quantitative estimate of drug-likeness (QED) is 0.634. The molecule has 0 saturated heterocycles. The van der Waals surface area contributed by atoms with Gasteiger partial charge >= 0.3 is 6.16 Å². The topological polar surface area (TPSA) is 46.5 Å². The predicted molar refractivity (Wildman–Crippen MR) is 78.3 cm³/mol. The molecule has 104 valence electrons. The van der Waals surface area contributed by atoms with Gasteiger partial charge in [-0.1, -0.05) is 61.9 Å². The van der Waals surface area contributed by atoms with E-state index < -0.39 is 6.16 Å². The maximum Gasteiger partial charge on any atom is 0.511 e. The molecule has 0 radical (unpaired) electrons. The molecular formula is C17H18O3. The highest BCUT2D eigenvalue weighted by molar-refractivity contribution is 5.62. The number of hydrogen-bond acceptors (Lipinski definition) is 2. The van der Waals surface area contributed by atoms with Crippen molar-refractivity contribution in [1.29, 1.82) is 0 Å². The van der Waals surface area contributed by atoms with Crippen molar-refractivity contribution in [1.82, 2.24) is 0 Å². The van der Waals surface area contributed by atoms with Gasteiger partial charge < -0.3 is 9.84 Å². The lowest BCUT2D eigenvalue weighted by atomic mass is 9.87. The number of ether oxygens (including phenoxy) is 1. The monoisotopic (exact) mass is 270 g/mol. The number of benzene rings is 2. The molecule has 2 aromatic carbocycles. The van der Waals surface area contributed by atoms with Crippen LogP contribution in [0.4, 0.5) is 4.79 Å². The molecule has 2 aromatic rings. The van der Waals surface area contributed by atoms with Gasteiger partial charge in [-0.3, -0.25) is 0 Å². The van der Waals surface area contributed by atoms with E-state index in [9.17, 15) is 4.79 Å². The van der Waals surface area contributed by atoms with Crippen LogP contribution in [0.3, 0.4) is 0 Å². The van der Waals surface area contributed by atoms with Gasteiger partial charge in [0.25, 0.3) is 0 Å². The summed E-state index contributed by atoms with van der Waals surface area (Å²) in [7, 11) is 0.